The van der Waals surface area contributed by atoms with Gasteiger partial charge in [0.2, 0.25) is 5.91 Å². The molecule has 3 N–H and O–H groups in total. The van der Waals surface area contributed by atoms with Gasteiger partial charge in [-0.05, 0) is 42.5 Å². The Morgan fingerprint density at radius 3 is 2.19 bits per heavy atom. The number of primary amides is 1. The molecule has 1 aromatic heterocycles. The third-order valence-corrected chi connectivity index (χ3v) is 5.57. The Hall–Kier alpha value is -4.41. The van der Waals surface area contributed by atoms with Crippen molar-refractivity contribution in [3.05, 3.63) is 108 Å². The molecule has 1 heterocycles. The molecule has 3 aromatic carbocycles. The van der Waals surface area contributed by atoms with Crippen LogP contribution in [-0.4, -0.2) is 33.6 Å². The zero-order valence-corrected chi connectivity index (χ0v) is 20.0. The van der Waals surface area contributed by atoms with E-state index in [1.165, 1.54) is 49.6 Å². The van der Waals surface area contributed by atoms with Crippen molar-refractivity contribution in [2.24, 2.45) is 5.73 Å². The van der Waals surface area contributed by atoms with Crippen LogP contribution in [0.2, 0.25) is 10.0 Å². The molecule has 0 fully saturated rings. The van der Waals surface area contributed by atoms with Crippen LogP contribution in [0.3, 0.4) is 0 Å². The van der Waals surface area contributed by atoms with Gasteiger partial charge in [0.25, 0.3) is 5.56 Å². The fourth-order valence-electron chi connectivity index (χ4n) is 3.29. The molecule has 0 aliphatic rings. The molecule has 182 valence electrons. The van der Waals surface area contributed by atoms with Crippen molar-refractivity contribution in [1.82, 2.24) is 14.8 Å². The second-order valence-electron chi connectivity index (χ2n) is 7.32. The second kappa shape index (κ2) is 10.1. The molecule has 1 amide bonds. The van der Waals surface area contributed by atoms with Gasteiger partial charge in [-0.1, -0.05) is 35.3 Å². The minimum Gasteiger partial charge on any atom is -0.496 e. The third kappa shape index (κ3) is 4.99. The maximum atomic E-state index is 13.1. The number of H-pyrrole nitrogens is 1. The van der Waals surface area contributed by atoms with Gasteiger partial charge in [0.1, 0.15) is 17.7 Å². The highest BCUT2D eigenvalue weighted by atomic mass is 35.5. The summed E-state index contributed by atoms with van der Waals surface area (Å²) in [6, 6.07) is 13.2. The van der Waals surface area contributed by atoms with Crippen LogP contribution < -0.4 is 26.5 Å². The molecule has 0 unspecified atom stereocenters. The summed E-state index contributed by atoms with van der Waals surface area (Å²) >= 11 is 12.7. The highest BCUT2D eigenvalue weighted by molar-refractivity contribution is 6.37. The number of nitrogens with zero attached hydrogens (tertiary/aromatic N) is 2. The average Bonchev–Trinajstić information content (AvgIpc) is 2.85. The van der Waals surface area contributed by atoms with Gasteiger partial charge in [-0.3, -0.25) is 19.4 Å². The number of hydrogen-bond acceptors (Lipinski definition) is 7. The predicted octanol–water partition coefficient (Wildman–Crippen LogP) is 3.36. The summed E-state index contributed by atoms with van der Waals surface area (Å²) < 4.78 is 12.1. The number of amides is 1. The van der Waals surface area contributed by atoms with E-state index in [1.54, 1.807) is 12.1 Å². The number of methoxy groups -OCH3 is 1. The Labute approximate surface area is 212 Å². The Bertz CT molecular complexity index is 1590. The molecule has 0 atom stereocenters. The number of carbonyl (C=O) groups excluding carboxylic acids is 2. The van der Waals surface area contributed by atoms with Gasteiger partial charge in [-0.2, -0.15) is 9.78 Å². The lowest BCUT2D eigenvalue weighted by atomic mass is 10.0. The lowest BCUT2D eigenvalue weighted by Crippen LogP contribution is -2.30. The van der Waals surface area contributed by atoms with Crippen LogP contribution in [0.15, 0.2) is 70.4 Å². The van der Waals surface area contributed by atoms with Crippen molar-refractivity contribution >= 4 is 34.9 Å². The number of aromatic amines is 1. The number of halogens is 2. The van der Waals surface area contributed by atoms with Gasteiger partial charge in [0.15, 0.2) is 11.5 Å². The maximum absolute atomic E-state index is 13.1. The van der Waals surface area contributed by atoms with Gasteiger partial charge in [0.05, 0.1) is 28.4 Å². The lowest BCUT2D eigenvalue weighted by Gasteiger charge is -2.14. The minimum absolute atomic E-state index is 0.0446. The summed E-state index contributed by atoms with van der Waals surface area (Å²) in [5.41, 5.74) is 4.78. The van der Waals surface area contributed by atoms with E-state index in [0.29, 0.717) is 11.3 Å². The van der Waals surface area contributed by atoms with E-state index in [1.807, 2.05) is 0 Å². The summed E-state index contributed by atoms with van der Waals surface area (Å²) in [6.45, 7) is 0. The van der Waals surface area contributed by atoms with E-state index in [0.717, 1.165) is 10.9 Å². The summed E-state index contributed by atoms with van der Waals surface area (Å²) in [7, 11) is 1.42. The van der Waals surface area contributed by atoms with E-state index in [-0.39, 0.29) is 44.1 Å². The van der Waals surface area contributed by atoms with Gasteiger partial charge >= 0.3 is 5.69 Å². The lowest BCUT2D eigenvalue weighted by molar-refractivity contribution is 0.0996. The molecule has 4 rings (SSSR count). The molecule has 12 heteroatoms. The van der Waals surface area contributed by atoms with Gasteiger partial charge in [0, 0.05) is 11.1 Å². The molecule has 0 aliphatic carbocycles. The van der Waals surface area contributed by atoms with Crippen molar-refractivity contribution in [3.8, 4) is 22.9 Å². The number of nitrogens with two attached hydrogens (primary N) is 1. The normalized spacial score (nSPS) is 10.6. The average molecular weight is 527 g/mol. The molecule has 10 nitrogen and oxygen atoms in total. The van der Waals surface area contributed by atoms with E-state index >= 15 is 0 Å². The molecule has 0 saturated carbocycles. The Kier molecular flexibility index (Phi) is 6.91. The first-order chi connectivity index (χ1) is 17.2. The van der Waals surface area contributed by atoms with Crippen LogP contribution in [0.4, 0.5) is 0 Å². The Balaban J connectivity index is 1.67. The maximum Gasteiger partial charge on any atom is 0.349 e. The molecule has 0 aliphatic heterocycles. The van der Waals surface area contributed by atoms with Crippen LogP contribution in [0.5, 0.6) is 17.2 Å². The number of nitrogens with one attached hydrogen (secondary N) is 1. The van der Waals surface area contributed by atoms with Crippen LogP contribution >= 0.6 is 23.2 Å². The van der Waals surface area contributed by atoms with Crippen molar-refractivity contribution in [3.63, 3.8) is 0 Å². The summed E-state index contributed by atoms with van der Waals surface area (Å²) in [6.07, 6.45) is 0.935. The largest absolute Gasteiger partial charge is 0.496 e. The fraction of sp³-hybridized carbons (Fsp3) is 0.0417. The number of aromatic nitrogens is 3. The van der Waals surface area contributed by atoms with Gasteiger partial charge in [-0.15, -0.1) is 0 Å². The summed E-state index contributed by atoms with van der Waals surface area (Å²) in [5, 5.41) is 3.85. The second-order valence-corrected chi connectivity index (χ2v) is 8.14. The Morgan fingerprint density at radius 2 is 1.61 bits per heavy atom. The fourth-order valence-corrected chi connectivity index (χ4v) is 3.84. The first-order valence-corrected chi connectivity index (χ1v) is 10.9. The van der Waals surface area contributed by atoms with E-state index in [9.17, 15) is 19.2 Å². The zero-order chi connectivity index (χ0) is 26.0. The number of rotatable bonds is 7. The first-order valence-electron chi connectivity index (χ1n) is 10.2. The predicted molar refractivity (Wildman–Crippen MR) is 132 cm³/mol. The Morgan fingerprint density at radius 1 is 0.972 bits per heavy atom. The van der Waals surface area contributed by atoms with Crippen molar-refractivity contribution < 1.29 is 19.1 Å². The summed E-state index contributed by atoms with van der Waals surface area (Å²) in [4.78, 5) is 49.8. The molecular weight excluding hydrogens is 511 g/mol. The number of ether oxygens (including phenoxy) is 2. The monoisotopic (exact) mass is 526 g/mol. The smallest absolute Gasteiger partial charge is 0.349 e. The van der Waals surface area contributed by atoms with E-state index < -0.39 is 17.2 Å². The molecular formula is C24H16Cl2N4O6. The molecule has 36 heavy (non-hydrogen) atoms. The van der Waals surface area contributed by atoms with Crippen molar-refractivity contribution in [2.75, 3.05) is 7.11 Å². The number of ketones is 1. The molecule has 0 bridgehead atoms. The minimum atomic E-state index is -0.773. The van der Waals surface area contributed by atoms with Crippen molar-refractivity contribution in [1.29, 1.82) is 0 Å². The highest BCUT2D eigenvalue weighted by Crippen LogP contribution is 2.39. The first kappa shape index (κ1) is 24.7. The van der Waals surface area contributed by atoms with E-state index in [4.69, 9.17) is 38.4 Å². The van der Waals surface area contributed by atoms with Gasteiger partial charge < -0.3 is 15.2 Å². The third-order valence-electron chi connectivity index (χ3n) is 5.01. The molecule has 4 aromatic rings. The highest BCUT2D eigenvalue weighted by Gasteiger charge is 2.19. The van der Waals surface area contributed by atoms with Crippen LogP contribution in [-0.2, 0) is 0 Å². The van der Waals surface area contributed by atoms with Gasteiger partial charge in [-0.25, -0.2) is 4.79 Å². The number of carbonyl (C=O) groups is 2. The number of hydrogen-bond donors (Lipinski definition) is 2. The topological polar surface area (TPSA) is 146 Å². The number of benzene rings is 3. The van der Waals surface area contributed by atoms with Crippen LogP contribution in [0, 0.1) is 0 Å². The van der Waals surface area contributed by atoms with Crippen LogP contribution in [0.25, 0.3) is 5.69 Å². The molecule has 0 radical (unpaired) electrons. The molecule has 0 spiro atoms. The van der Waals surface area contributed by atoms with Crippen LogP contribution in [0.1, 0.15) is 26.3 Å². The van der Waals surface area contributed by atoms with E-state index in [2.05, 4.69) is 10.1 Å². The molecule has 0 saturated heterocycles. The zero-order valence-electron chi connectivity index (χ0n) is 18.5. The quantitative estimate of drug-likeness (QED) is 0.351. The summed E-state index contributed by atoms with van der Waals surface area (Å²) in [5.74, 6) is -0.410. The SMILES string of the molecule is COc1ccc(Oc2c(Cl)cc(-n3ncc(=O)[nH]c3=O)cc2Cl)cc1C(=O)c1ccc(C(N)=O)cc1. The van der Waals surface area contributed by atoms with Crippen molar-refractivity contribution in [2.45, 2.75) is 0 Å². The standard InChI is InChI=1S/C24H16Cl2N4O6/c1-35-19-7-6-15(10-16(19)21(32)12-2-4-13(5-3-12)23(27)33)36-22-17(25)8-14(9-18(22)26)30-24(34)29-20(31)11-28-30/h2-11H,1H3,(H2,27,33)(H,29,31,34).